The van der Waals surface area contributed by atoms with E-state index in [9.17, 15) is 14.0 Å². The predicted molar refractivity (Wildman–Crippen MR) is 139 cm³/mol. The third kappa shape index (κ3) is 11.0. The van der Waals surface area contributed by atoms with Crippen molar-refractivity contribution in [2.75, 3.05) is 11.9 Å². The van der Waals surface area contributed by atoms with Gasteiger partial charge in [0, 0.05) is 24.9 Å². The Bertz CT molecular complexity index is 958. The minimum Gasteiger partial charge on any atom is -0.364 e. The van der Waals surface area contributed by atoms with Crippen LogP contribution >= 0.6 is 0 Å². The van der Waals surface area contributed by atoms with E-state index >= 15 is 0 Å². The molecule has 0 bridgehead atoms. The minimum absolute atomic E-state index is 0.307. The molecule has 34 heavy (non-hydrogen) atoms. The van der Waals surface area contributed by atoms with Gasteiger partial charge in [0.05, 0.1) is 0 Å². The number of benzene rings is 2. The summed E-state index contributed by atoms with van der Waals surface area (Å²) in [6.45, 7) is 6.06. The SMILES string of the molecule is CCCC/C(=N\N=C(/C)Cc1ccccc1)C(N)=O.CCCCc1ccc(F)cc1N(C)C=O. The molecule has 0 saturated heterocycles. The van der Waals surface area contributed by atoms with Gasteiger partial charge in [-0.15, -0.1) is 5.10 Å². The number of aryl methyl sites for hydroxylation is 1. The Balaban J connectivity index is 0.000000350. The van der Waals surface area contributed by atoms with Gasteiger partial charge >= 0.3 is 0 Å². The third-order valence-electron chi connectivity index (χ3n) is 5.08. The number of unbranched alkanes of at least 4 members (excludes halogenated alkanes) is 2. The van der Waals surface area contributed by atoms with E-state index in [0.717, 1.165) is 49.8 Å². The van der Waals surface area contributed by atoms with Crippen molar-refractivity contribution < 1.29 is 14.0 Å². The molecule has 6 nitrogen and oxygen atoms in total. The van der Waals surface area contributed by atoms with Gasteiger partial charge in [0.2, 0.25) is 6.41 Å². The molecule has 0 aromatic heterocycles. The summed E-state index contributed by atoms with van der Waals surface area (Å²) in [6.07, 6.45) is 6.92. The zero-order chi connectivity index (χ0) is 25.3. The van der Waals surface area contributed by atoms with Crippen molar-refractivity contribution in [1.29, 1.82) is 0 Å². The Morgan fingerprint density at radius 3 is 2.32 bits per heavy atom. The van der Waals surface area contributed by atoms with Gasteiger partial charge in [-0.3, -0.25) is 9.59 Å². The molecular formula is C27H37FN4O2. The summed E-state index contributed by atoms with van der Waals surface area (Å²) in [4.78, 5) is 23.3. The number of carbonyl (C=O) groups is 2. The zero-order valence-electron chi connectivity index (χ0n) is 20.8. The van der Waals surface area contributed by atoms with Crippen LogP contribution in [0.2, 0.25) is 0 Å². The number of amides is 2. The highest BCUT2D eigenvalue weighted by Crippen LogP contribution is 2.21. The smallest absolute Gasteiger partial charge is 0.264 e. The molecule has 0 aliphatic rings. The fourth-order valence-electron chi connectivity index (χ4n) is 3.14. The van der Waals surface area contributed by atoms with Gasteiger partial charge in [-0.25, -0.2) is 4.39 Å². The number of hydrogen-bond donors (Lipinski definition) is 1. The highest BCUT2D eigenvalue weighted by Gasteiger charge is 2.08. The van der Waals surface area contributed by atoms with E-state index in [4.69, 9.17) is 5.73 Å². The molecule has 2 rings (SSSR count). The molecule has 2 amide bonds. The van der Waals surface area contributed by atoms with Gasteiger partial charge in [0.15, 0.2) is 0 Å². The second-order valence-corrected chi connectivity index (χ2v) is 8.11. The summed E-state index contributed by atoms with van der Waals surface area (Å²) < 4.78 is 13.0. The van der Waals surface area contributed by atoms with Crippen molar-refractivity contribution in [2.24, 2.45) is 15.9 Å². The van der Waals surface area contributed by atoms with Crippen LogP contribution in [-0.2, 0) is 22.4 Å². The van der Waals surface area contributed by atoms with Gasteiger partial charge in [-0.2, -0.15) is 5.10 Å². The molecule has 0 radical (unpaired) electrons. The second kappa shape index (κ2) is 16.3. The molecule has 2 N–H and O–H groups in total. The molecule has 0 fully saturated rings. The highest BCUT2D eigenvalue weighted by molar-refractivity contribution is 6.38. The first-order valence-corrected chi connectivity index (χ1v) is 11.7. The molecule has 184 valence electrons. The molecule has 0 spiro atoms. The van der Waals surface area contributed by atoms with Crippen molar-refractivity contribution in [3.63, 3.8) is 0 Å². The second-order valence-electron chi connectivity index (χ2n) is 8.11. The maximum Gasteiger partial charge on any atom is 0.264 e. The number of rotatable bonds is 12. The summed E-state index contributed by atoms with van der Waals surface area (Å²) in [6, 6.07) is 14.6. The van der Waals surface area contributed by atoms with Crippen LogP contribution in [0.15, 0.2) is 58.7 Å². The van der Waals surface area contributed by atoms with E-state index in [1.165, 1.54) is 22.6 Å². The van der Waals surface area contributed by atoms with Crippen LogP contribution in [0.3, 0.4) is 0 Å². The number of nitrogens with zero attached hydrogens (tertiary/aromatic N) is 3. The van der Waals surface area contributed by atoms with Crippen LogP contribution in [0.25, 0.3) is 0 Å². The summed E-state index contributed by atoms with van der Waals surface area (Å²) in [5.74, 6) is -0.788. The number of hydrogen-bond acceptors (Lipinski definition) is 4. The molecule has 7 heteroatoms. The third-order valence-corrected chi connectivity index (χ3v) is 5.08. The van der Waals surface area contributed by atoms with Crippen LogP contribution in [0.5, 0.6) is 0 Å². The van der Waals surface area contributed by atoms with Gasteiger partial charge in [-0.05, 0) is 55.9 Å². The normalized spacial score (nSPS) is 11.4. The van der Waals surface area contributed by atoms with Gasteiger partial charge in [0.25, 0.3) is 5.91 Å². The lowest BCUT2D eigenvalue weighted by molar-refractivity contribution is -0.112. The summed E-state index contributed by atoms with van der Waals surface area (Å²) in [5.41, 5.74) is 9.36. The summed E-state index contributed by atoms with van der Waals surface area (Å²) in [7, 11) is 1.64. The first kappa shape index (κ1) is 28.7. The van der Waals surface area contributed by atoms with Crippen LogP contribution in [-0.4, -0.2) is 30.8 Å². The Hall–Kier alpha value is -3.35. The van der Waals surface area contributed by atoms with Crippen molar-refractivity contribution in [2.45, 2.75) is 65.7 Å². The first-order valence-electron chi connectivity index (χ1n) is 11.7. The van der Waals surface area contributed by atoms with Crippen LogP contribution < -0.4 is 10.6 Å². The summed E-state index contributed by atoms with van der Waals surface area (Å²) in [5, 5.41) is 8.08. The van der Waals surface area contributed by atoms with Crippen molar-refractivity contribution in [3.05, 3.63) is 65.5 Å². The molecule has 0 heterocycles. The number of primary amides is 1. The first-order chi connectivity index (χ1) is 16.3. The van der Waals surface area contributed by atoms with Gasteiger partial charge in [-0.1, -0.05) is 63.1 Å². The van der Waals surface area contributed by atoms with Crippen LogP contribution in [0, 0.1) is 5.82 Å². The lowest BCUT2D eigenvalue weighted by Crippen LogP contribution is -2.23. The standard InChI is InChI=1S/C15H21N3O.C12H16FNO/c1-3-4-10-14(15(16)19)18-17-12(2)11-13-8-6-5-7-9-13;1-3-4-5-10-6-7-11(13)8-12(10)14(2)9-15/h5-9H,3-4,10-11H2,1-2H3,(H2,16,19);6-9H,3-5H2,1-2H3/b17-12+,18-14+;. The molecule has 2 aromatic rings. The van der Waals surface area contributed by atoms with E-state index in [-0.39, 0.29) is 5.82 Å². The summed E-state index contributed by atoms with van der Waals surface area (Å²) >= 11 is 0. The fourth-order valence-corrected chi connectivity index (χ4v) is 3.14. The van der Waals surface area contributed by atoms with Crippen molar-refractivity contribution in [1.82, 2.24) is 0 Å². The van der Waals surface area contributed by atoms with Crippen LogP contribution in [0.1, 0.15) is 64.0 Å². The predicted octanol–water partition coefficient (Wildman–Crippen LogP) is 5.48. The average Bonchev–Trinajstić information content (AvgIpc) is 2.83. The zero-order valence-corrected chi connectivity index (χ0v) is 20.8. The number of anilines is 1. The van der Waals surface area contributed by atoms with E-state index in [2.05, 4.69) is 24.1 Å². The van der Waals surface area contributed by atoms with Crippen molar-refractivity contribution >= 4 is 29.4 Å². The van der Waals surface area contributed by atoms with E-state index < -0.39 is 5.91 Å². The van der Waals surface area contributed by atoms with E-state index in [1.54, 1.807) is 13.1 Å². The topological polar surface area (TPSA) is 88.1 Å². The monoisotopic (exact) mass is 468 g/mol. The minimum atomic E-state index is -0.482. The Kier molecular flexibility index (Phi) is 13.7. The maximum absolute atomic E-state index is 13.0. The van der Waals surface area contributed by atoms with E-state index in [0.29, 0.717) is 24.2 Å². The van der Waals surface area contributed by atoms with E-state index in [1.807, 2.05) is 37.3 Å². The largest absolute Gasteiger partial charge is 0.364 e. The van der Waals surface area contributed by atoms with Gasteiger partial charge < -0.3 is 10.6 Å². The Labute approximate surface area is 202 Å². The Morgan fingerprint density at radius 2 is 1.74 bits per heavy atom. The lowest BCUT2D eigenvalue weighted by Gasteiger charge is -2.15. The molecule has 0 saturated carbocycles. The molecule has 0 unspecified atom stereocenters. The molecule has 0 aliphatic heterocycles. The lowest BCUT2D eigenvalue weighted by atomic mass is 10.1. The highest BCUT2D eigenvalue weighted by atomic mass is 19.1. The molecule has 0 aliphatic carbocycles. The van der Waals surface area contributed by atoms with Crippen molar-refractivity contribution in [3.8, 4) is 0 Å². The maximum atomic E-state index is 13.0. The number of halogens is 1. The number of carbonyl (C=O) groups excluding carboxylic acids is 2. The molecule has 2 aromatic carbocycles. The molecular weight excluding hydrogens is 431 g/mol. The number of nitrogens with two attached hydrogens (primary N) is 1. The average molecular weight is 469 g/mol. The quantitative estimate of drug-likeness (QED) is 0.254. The molecule has 0 atom stereocenters. The van der Waals surface area contributed by atoms with Crippen LogP contribution in [0.4, 0.5) is 10.1 Å². The Morgan fingerprint density at radius 1 is 1.06 bits per heavy atom. The fraction of sp³-hybridized carbons (Fsp3) is 0.407. The van der Waals surface area contributed by atoms with Gasteiger partial charge in [0.1, 0.15) is 11.5 Å².